The van der Waals surface area contributed by atoms with Crippen molar-refractivity contribution in [2.75, 3.05) is 0 Å². The van der Waals surface area contributed by atoms with Crippen LogP contribution in [-0.4, -0.2) is 10.7 Å². The molecular weight excluding hydrogens is 196 g/mol. The molecule has 0 aliphatic heterocycles. The maximum Gasteiger partial charge on any atom is 0.0830 e. The molecule has 0 bridgehead atoms. The minimum absolute atomic E-state index is 0.554. The van der Waals surface area contributed by atoms with Crippen molar-refractivity contribution in [1.82, 2.24) is 0 Å². The van der Waals surface area contributed by atoms with E-state index in [-0.39, 0.29) is 0 Å². The molecule has 1 heteroatoms. The van der Waals surface area contributed by atoms with Crippen molar-refractivity contribution in [3.63, 3.8) is 0 Å². The largest absolute Gasteiger partial charge is 0.386 e. The van der Waals surface area contributed by atoms with Gasteiger partial charge in [0.05, 0.1) is 5.60 Å². The lowest BCUT2D eigenvalue weighted by molar-refractivity contribution is 0.0521. The van der Waals surface area contributed by atoms with E-state index in [0.717, 1.165) is 25.7 Å². The van der Waals surface area contributed by atoms with Crippen LogP contribution in [0.5, 0.6) is 0 Å². The van der Waals surface area contributed by atoms with Gasteiger partial charge in [0.2, 0.25) is 0 Å². The summed E-state index contributed by atoms with van der Waals surface area (Å²) in [7, 11) is 0. The van der Waals surface area contributed by atoms with Crippen molar-refractivity contribution >= 4 is 6.08 Å². The second-order valence-electron chi connectivity index (χ2n) is 4.91. The molecule has 0 spiro atoms. The fraction of sp³-hybridized carbons (Fsp3) is 0.467. The molecular formula is C15H20O. The minimum atomic E-state index is -0.554. The highest BCUT2D eigenvalue weighted by Gasteiger charge is 2.25. The third-order valence-corrected chi connectivity index (χ3v) is 3.35. The second-order valence-corrected chi connectivity index (χ2v) is 4.91. The molecule has 1 aromatic carbocycles. The summed E-state index contributed by atoms with van der Waals surface area (Å²) in [6, 6.07) is 8.37. The van der Waals surface area contributed by atoms with Gasteiger partial charge in [0.1, 0.15) is 0 Å². The van der Waals surface area contributed by atoms with Gasteiger partial charge in [0, 0.05) is 0 Å². The first-order chi connectivity index (χ1) is 7.68. The first-order valence-electron chi connectivity index (χ1n) is 6.16. The summed E-state index contributed by atoms with van der Waals surface area (Å²) in [5, 5.41) is 10.3. The molecule has 1 aliphatic carbocycles. The predicted molar refractivity (Wildman–Crippen MR) is 68.2 cm³/mol. The van der Waals surface area contributed by atoms with Gasteiger partial charge in [-0.15, -0.1) is 0 Å². The van der Waals surface area contributed by atoms with Gasteiger partial charge in [0.25, 0.3) is 0 Å². The van der Waals surface area contributed by atoms with Crippen LogP contribution in [0.25, 0.3) is 6.08 Å². The first-order valence-corrected chi connectivity index (χ1v) is 6.16. The molecule has 0 amide bonds. The summed E-state index contributed by atoms with van der Waals surface area (Å²) in [6.45, 7) is 2.09. The van der Waals surface area contributed by atoms with Crippen molar-refractivity contribution in [3.05, 3.63) is 41.5 Å². The van der Waals surface area contributed by atoms with Crippen molar-refractivity contribution in [2.45, 2.75) is 44.6 Å². The Morgan fingerprint density at radius 2 is 1.94 bits per heavy atom. The molecule has 0 unspecified atom stereocenters. The Hall–Kier alpha value is -1.08. The van der Waals surface area contributed by atoms with Crippen molar-refractivity contribution in [3.8, 4) is 0 Å². The van der Waals surface area contributed by atoms with Gasteiger partial charge in [-0.05, 0) is 25.3 Å². The van der Waals surface area contributed by atoms with E-state index in [9.17, 15) is 5.11 Å². The molecule has 0 saturated heterocycles. The zero-order valence-electron chi connectivity index (χ0n) is 9.95. The molecule has 1 aliphatic rings. The molecule has 0 heterocycles. The van der Waals surface area contributed by atoms with E-state index in [1.54, 1.807) is 0 Å². The van der Waals surface area contributed by atoms with E-state index in [1.807, 2.05) is 6.08 Å². The molecule has 1 fully saturated rings. The Bertz CT molecular complexity index is 373. The lowest BCUT2D eigenvalue weighted by Crippen LogP contribution is -2.28. The predicted octanol–water partition coefficient (Wildman–Crippen LogP) is 3.70. The molecule has 1 saturated carbocycles. The highest BCUT2D eigenvalue weighted by Crippen LogP contribution is 2.29. The number of aliphatic hydroxyl groups is 1. The van der Waals surface area contributed by atoms with Crippen LogP contribution in [-0.2, 0) is 0 Å². The zero-order chi connectivity index (χ0) is 11.4. The van der Waals surface area contributed by atoms with Crippen LogP contribution in [0.15, 0.2) is 30.3 Å². The third-order valence-electron chi connectivity index (χ3n) is 3.35. The van der Waals surface area contributed by atoms with E-state index >= 15 is 0 Å². The highest BCUT2D eigenvalue weighted by atomic mass is 16.3. The van der Waals surface area contributed by atoms with Gasteiger partial charge in [0.15, 0.2) is 0 Å². The Kier molecular flexibility index (Phi) is 3.45. The number of hydrogen-bond donors (Lipinski definition) is 1. The Morgan fingerprint density at radius 3 is 2.62 bits per heavy atom. The van der Waals surface area contributed by atoms with Crippen molar-refractivity contribution in [2.24, 2.45) is 0 Å². The molecule has 1 nitrogen and oxygen atoms in total. The van der Waals surface area contributed by atoms with E-state index in [0.29, 0.717) is 0 Å². The minimum Gasteiger partial charge on any atom is -0.386 e. The van der Waals surface area contributed by atoms with Crippen molar-refractivity contribution in [1.29, 1.82) is 0 Å². The average molecular weight is 216 g/mol. The third kappa shape index (κ3) is 2.96. The van der Waals surface area contributed by atoms with Crippen LogP contribution in [0.2, 0.25) is 0 Å². The summed E-state index contributed by atoms with van der Waals surface area (Å²) < 4.78 is 0. The Balaban J connectivity index is 2.08. The molecule has 0 aromatic heterocycles. The maximum absolute atomic E-state index is 10.3. The van der Waals surface area contributed by atoms with Gasteiger partial charge in [-0.3, -0.25) is 0 Å². The quantitative estimate of drug-likeness (QED) is 0.799. The van der Waals surface area contributed by atoms with E-state index in [4.69, 9.17) is 0 Å². The molecule has 0 atom stereocenters. The fourth-order valence-corrected chi connectivity index (χ4v) is 2.36. The molecule has 1 N–H and O–H groups in total. The van der Waals surface area contributed by atoms with Crippen LogP contribution in [0.4, 0.5) is 0 Å². The number of rotatable bonds is 2. The van der Waals surface area contributed by atoms with Gasteiger partial charge >= 0.3 is 0 Å². The Labute approximate surface area is 97.8 Å². The molecule has 86 valence electrons. The van der Waals surface area contributed by atoms with Crippen LogP contribution < -0.4 is 0 Å². The summed E-state index contributed by atoms with van der Waals surface area (Å²) >= 11 is 0. The molecule has 2 rings (SSSR count). The van der Waals surface area contributed by atoms with E-state index < -0.39 is 5.60 Å². The highest BCUT2D eigenvalue weighted by molar-refractivity contribution is 5.51. The SMILES string of the molecule is Cc1cccc(/C=C/C2(O)CCCCC2)c1. The number of aryl methyl sites for hydroxylation is 1. The summed E-state index contributed by atoms with van der Waals surface area (Å²) in [5.74, 6) is 0. The van der Waals surface area contributed by atoms with E-state index in [1.165, 1.54) is 17.5 Å². The monoisotopic (exact) mass is 216 g/mol. The van der Waals surface area contributed by atoms with Crippen molar-refractivity contribution < 1.29 is 5.11 Å². The van der Waals surface area contributed by atoms with E-state index in [2.05, 4.69) is 37.3 Å². The molecule has 16 heavy (non-hydrogen) atoms. The number of hydrogen-bond acceptors (Lipinski definition) is 1. The Morgan fingerprint density at radius 1 is 1.19 bits per heavy atom. The topological polar surface area (TPSA) is 20.2 Å². The second kappa shape index (κ2) is 4.84. The molecule has 0 radical (unpaired) electrons. The zero-order valence-corrected chi connectivity index (χ0v) is 9.95. The summed E-state index contributed by atoms with van der Waals surface area (Å²) in [5.41, 5.74) is 1.89. The van der Waals surface area contributed by atoms with Crippen LogP contribution in [0, 0.1) is 6.92 Å². The summed E-state index contributed by atoms with van der Waals surface area (Å²) in [6.07, 6.45) is 9.42. The van der Waals surface area contributed by atoms with Crippen LogP contribution in [0.3, 0.4) is 0 Å². The van der Waals surface area contributed by atoms with Gasteiger partial charge in [-0.1, -0.05) is 61.2 Å². The fourth-order valence-electron chi connectivity index (χ4n) is 2.36. The first kappa shape index (κ1) is 11.4. The van der Waals surface area contributed by atoms with Crippen LogP contribution in [0.1, 0.15) is 43.2 Å². The molecule has 1 aromatic rings. The lowest BCUT2D eigenvalue weighted by atomic mass is 9.84. The maximum atomic E-state index is 10.3. The smallest absolute Gasteiger partial charge is 0.0830 e. The van der Waals surface area contributed by atoms with Gasteiger partial charge in [-0.25, -0.2) is 0 Å². The standard InChI is InChI=1S/C15H20O/c1-13-6-5-7-14(12-13)8-11-15(16)9-3-2-4-10-15/h5-8,11-12,16H,2-4,9-10H2,1H3/b11-8+. The van der Waals surface area contributed by atoms with Gasteiger partial charge < -0.3 is 5.11 Å². The lowest BCUT2D eigenvalue weighted by Gasteiger charge is -2.28. The van der Waals surface area contributed by atoms with Crippen LogP contribution >= 0.6 is 0 Å². The average Bonchev–Trinajstić information content (AvgIpc) is 2.28. The number of benzene rings is 1. The normalized spacial score (nSPS) is 20.1. The summed E-state index contributed by atoms with van der Waals surface area (Å²) in [4.78, 5) is 0. The van der Waals surface area contributed by atoms with Gasteiger partial charge in [-0.2, -0.15) is 0 Å².